The Labute approximate surface area is 211 Å². The van der Waals surface area contributed by atoms with Gasteiger partial charge in [-0.05, 0) is 110 Å². The van der Waals surface area contributed by atoms with Crippen LogP contribution in [-0.2, 0) is 10.2 Å². The number of nitrogens with zero attached hydrogens (tertiary/aromatic N) is 1. The number of benzene rings is 2. The highest BCUT2D eigenvalue weighted by atomic mass is 16.5. The lowest BCUT2D eigenvalue weighted by Crippen LogP contribution is -2.48. The van der Waals surface area contributed by atoms with E-state index >= 15 is 0 Å². The normalized spacial score (nSPS) is 25.9. The lowest BCUT2D eigenvalue weighted by Gasteiger charge is -2.57. The van der Waals surface area contributed by atoms with Crippen LogP contribution in [-0.4, -0.2) is 24.0 Å². The first-order valence-electron chi connectivity index (χ1n) is 12.7. The van der Waals surface area contributed by atoms with Crippen molar-refractivity contribution in [3.05, 3.63) is 83.6 Å². The molecule has 184 valence electrons. The zero-order valence-electron chi connectivity index (χ0n) is 20.4. The van der Waals surface area contributed by atoms with Gasteiger partial charge >= 0.3 is 5.97 Å². The highest BCUT2D eigenvalue weighted by molar-refractivity contribution is 6.04. The Morgan fingerprint density at radius 2 is 1.50 bits per heavy atom. The summed E-state index contributed by atoms with van der Waals surface area (Å²) >= 11 is 0. The number of carbonyl (C=O) groups is 2. The Morgan fingerprint density at radius 1 is 0.861 bits per heavy atom. The Bertz CT molecular complexity index is 1250. The van der Waals surface area contributed by atoms with Gasteiger partial charge in [0, 0.05) is 17.3 Å². The molecule has 0 radical (unpaired) electrons. The second-order valence-electron chi connectivity index (χ2n) is 10.7. The summed E-state index contributed by atoms with van der Waals surface area (Å²) in [6.45, 7) is 0. The number of esters is 1. The molecule has 4 saturated carbocycles. The van der Waals surface area contributed by atoms with E-state index in [1.165, 1.54) is 51.2 Å². The van der Waals surface area contributed by atoms with Crippen LogP contribution in [0.4, 0.5) is 5.69 Å². The van der Waals surface area contributed by atoms with Gasteiger partial charge in [0.15, 0.2) is 5.69 Å². The van der Waals surface area contributed by atoms with Crippen LogP contribution in [0.3, 0.4) is 0 Å². The van der Waals surface area contributed by atoms with E-state index in [1.54, 1.807) is 42.5 Å². The fourth-order valence-corrected chi connectivity index (χ4v) is 7.06. The van der Waals surface area contributed by atoms with Crippen molar-refractivity contribution in [2.24, 2.45) is 17.8 Å². The Morgan fingerprint density at radius 3 is 2.11 bits per heavy atom. The molecule has 36 heavy (non-hydrogen) atoms. The molecule has 2 aromatic carbocycles. The minimum atomic E-state index is -0.529. The summed E-state index contributed by atoms with van der Waals surface area (Å²) in [4.78, 5) is 28.6. The molecule has 0 aliphatic heterocycles. The molecule has 3 aromatic rings. The number of carbonyl (C=O) groups excluding carboxylic acids is 2. The van der Waals surface area contributed by atoms with E-state index in [0.717, 1.165) is 23.4 Å². The van der Waals surface area contributed by atoms with Crippen LogP contribution in [0.1, 0.15) is 64.9 Å². The van der Waals surface area contributed by atoms with Crippen LogP contribution in [0.5, 0.6) is 11.6 Å². The van der Waals surface area contributed by atoms with Crippen LogP contribution < -0.4 is 10.1 Å². The van der Waals surface area contributed by atoms with Gasteiger partial charge in [-0.1, -0.05) is 18.2 Å². The average Bonchev–Trinajstić information content (AvgIpc) is 2.88. The van der Waals surface area contributed by atoms with Crippen molar-refractivity contribution in [1.29, 1.82) is 0 Å². The molecule has 6 nitrogen and oxygen atoms in total. The SMILES string of the molecule is COC(=O)c1cccc(Oc2ccc(C(=O)Nc3ccc(C45CC6CC(CC(C6)C4)C5)cc3)cc2)n1. The van der Waals surface area contributed by atoms with Crippen LogP contribution in [0.15, 0.2) is 66.7 Å². The summed E-state index contributed by atoms with van der Waals surface area (Å²) in [6.07, 6.45) is 8.32. The number of hydrogen-bond donors (Lipinski definition) is 1. The third-order valence-electron chi connectivity index (χ3n) is 8.25. The largest absolute Gasteiger partial charge is 0.464 e. The number of rotatable bonds is 6. The molecule has 4 aliphatic rings. The molecule has 1 N–H and O–H groups in total. The Balaban J connectivity index is 1.09. The van der Waals surface area contributed by atoms with Gasteiger partial charge in [0.1, 0.15) is 5.75 Å². The first-order chi connectivity index (χ1) is 17.5. The van der Waals surface area contributed by atoms with Crippen molar-refractivity contribution in [1.82, 2.24) is 4.98 Å². The van der Waals surface area contributed by atoms with Crippen LogP contribution in [0.25, 0.3) is 0 Å². The maximum atomic E-state index is 12.8. The predicted molar refractivity (Wildman–Crippen MR) is 136 cm³/mol. The maximum absolute atomic E-state index is 12.8. The molecular formula is C30H30N2O4. The standard InChI is InChI=1S/C30H30N2O4/c1-35-29(34)26-3-2-4-27(32-26)36-25-11-5-22(6-12-25)28(33)31-24-9-7-23(8-10-24)30-16-19-13-20(17-30)15-21(14-19)18-30/h2-12,19-21H,13-18H2,1H3,(H,31,33). The smallest absolute Gasteiger partial charge is 0.356 e. The van der Waals surface area contributed by atoms with E-state index < -0.39 is 5.97 Å². The molecule has 1 heterocycles. The first-order valence-corrected chi connectivity index (χ1v) is 12.7. The van der Waals surface area contributed by atoms with Gasteiger partial charge in [0.2, 0.25) is 5.88 Å². The monoisotopic (exact) mass is 482 g/mol. The van der Waals surface area contributed by atoms with E-state index in [0.29, 0.717) is 16.7 Å². The number of aromatic nitrogens is 1. The molecule has 4 aliphatic carbocycles. The molecule has 7 rings (SSSR count). The average molecular weight is 483 g/mol. The molecule has 0 spiro atoms. The summed E-state index contributed by atoms with van der Waals surface area (Å²) in [6, 6.07) is 20.3. The maximum Gasteiger partial charge on any atom is 0.356 e. The number of nitrogens with one attached hydrogen (secondary N) is 1. The summed E-state index contributed by atoms with van der Waals surface area (Å²) in [5, 5.41) is 3.01. The highest BCUT2D eigenvalue weighted by Crippen LogP contribution is 2.60. The zero-order chi connectivity index (χ0) is 24.7. The minimum absolute atomic E-state index is 0.167. The third kappa shape index (κ3) is 4.36. The molecule has 0 atom stereocenters. The third-order valence-corrected chi connectivity index (χ3v) is 8.25. The molecule has 1 aromatic heterocycles. The van der Waals surface area contributed by atoms with E-state index in [4.69, 9.17) is 9.47 Å². The molecule has 0 saturated heterocycles. The minimum Gasteiger partial charge on any atom is -0.464 e. The van der Waals surface area contributed by atoms with E-state index in [9.17, 15) is 9.59 Å². The van der Waals surface area contributed by atoms with Crippen LogP contribution >= 0.6 is 0 Å². The second kappa shape index (κ2) is 9.08. The van der Waals surface area contributed by atoms with Gasteiger partial charge in [-0.25, -0.2) is 9.78 Å². The van der Waals surface area contributed by atoms with Crippen molar-refractivity contribution in [2.45, 2.75) is 43.9 Å². The van der Waals surface area contributed by atoms with Gasteiger partial charge in [-0.3, -0.25) is 4.79 Å². The fraction of sp³-hybridized carbons (Fsp3) is 0.367. The van der Waals surface area contributed by atoms with E-state index in [-0.39, 0.29) is 17.5 Å². The van der Waals surface area contributed by atoms with Gasteiger partial charge in [-0.2, -0.15) is 0 Å². The van der Waals surface area contributed by atoms with Crippen molar-refractivity contribution < 1.29 is 19.1 Å². The van der Waals surface area contributed by atoms with E-state index in [1.807, 2.05) is 12.1 Å². The quantitative estimate of drug-likeness (QED) is 0.413. The Hall–Kier alpha value is -3.67. The number of anilines is 1. The van der Waals surface area contributed by atoms with Gasteiger partial charge in [0.25, 0.3) is 5.91 Å². The number of ether oxygens (including phenoxy) is 2. The summed E-state index contributed by atoms with van der Waals surface area (Å²) in [5.41, 5.74) is 3.31. The summed E-state index contributed by atoms with van der Waals surface area (Å²) in [7, 11) is 1.30. The topological polar surface area (TPSA) is 77.5 Å². The second-order valence-corrected chi connectivity index (χ2v) is 10.7. The van der Waals surface area contributed by atoms with Crippen LogP contribution in [0, 0.1) is 17.8 Å². The van der Waals surface area contributed by atoms with Crippen LogP contribution in [0.2, 0.25) is 0 Å². The number of amides is 1. The molecule has 0 unspecified atom stereocenters. The lowest BCUT2D eigenvalue weighted by atomic mass is 9.48. The molecule has 1 amide bonds. The Kier molecular flexibility index (Phi) is 5.75. The number of hydrogen-bond acceptors (Lipinski definition) is 5. The molecule has 6 heteroatoms. The predicted octanol–water partition coefficient (Wildman–Crippen LogP) is 6.38. The van der Waals surface area contributed by atoms with Crippen molar-refractivity contribution in [2.75, 3.05) is 12.4 Å². The first kappa shape index (κ1) is 22.8. The highest BCUT2D eigenvalue weighted by Gasteiger charge is 2.51. The molecule has 4 fully saturated rings. The summed E-state index contributed by atoms with van der Waals surface area (Å²) < 4.78 is 10.4. The number of methoxy groups -OCH3 is 1. The van der Waals surface area contributed by atoms with Gasteiger partial charge in [-0.15, -0.1) is 0 Å². The lowest BCUT2D eigenvalue weighted by molar-refractivity contribution is -0.00518. The van der Waals surface area contributed by atoms with Crippen molar-refractivity contribution >= 4 is 17.6 Å². The van der Waals surface area contributed by atoms with Gasteiger partial charge < -0.3 is 14.8 Å². The number of pyridine rings is 1. The van der Waals surface area contributed by atoms with Crippen molar-refractivity contribution in [3.63, 3.8) is 0 Å². The zero-order valence-corrected chi connectivity index (χ0v) is 20.4. The molecular weight excluding hydrogens is 452 g/mol. The van der Waals surface area contributed by atoms with Gasteiger partial charge in [0.05, 0.1) is 7.11 Å². The fourth-order valence-electron chi connectivity index (χ4n) is 7.06. The van der Waals surface area contributed by atoms with Crippen molar-refractivity contribution in [3.8, 4) is 11.6 Å². The molecule has 4 bridgehead atoms. The van der Waals surface area contributed by atoms with E-state index in [2.05, 4.69) is 22.4 Å². The summed E-state index contributed by atoms with van der Waals surface area (Å²) in [5.74, 6) is 2.82.